The van der Waals surface area contributed by atoms with Gasteiger partial charge in [0.15, 0.2) is 0 Å². The summed E-state index contributed by atoms with van der Waals surface area (Å²) in [5, 5.41) is 0.693. The van der Waals surface area contributed by atoms with Crippen molar-refractivity contribution in [2.24, 2.45) is 5.73 Å². The third kappa shape index (κ3) is 3.22. The summed E-state index contributed by atoms with van der Waals surface area (Å²) in [6.45, 7) is 6.21. The molecule has 0 saturated carbocycles. The Morgan fingerprint density at radius 1 is 1.53 bits per heavy atom. The number of benzene rings is 1. The molecule has 0 amide bonds. The highest BCUT2D eigenvalue weighted by Gasteiger charge is 2.40. The molecule has 4 heteroatoms. The summed E-state index contributed by atoms with van der Waals surface area (Å²) < 4.78 is 11.7. The van der Waals surface area contributed by atoms with Gasteiger partial charge in [-0.1, -0.05) is 11.6 Å². The van der Waals surface area contributed by atoms with Crippen LogP contribution in [0.1, 0.15) is 45.2 Å². The van der Waals surface area contributed by atoms with Gasteiger partial charge in [0.05, 0.1) is 5.60 Å². The van der Waals surface area contributed by atoms with Crippen molar-refractivity contribution in [2.75, 3.05) is 7.11 Å². The number of hydrogen-bond acceptors (Lipinski definition) is 3. The summed E-state index contributed by atoms with van der Waals surface area (Å²) in [6, 6.07) is 5.57. The van der Waals surface area contributed by atoms with Crippen LogP contribution in [-0.4, -0.2) is 18.3 Å². The van der Waals surface area contributed by atoms with Crippen LogP contribution < -0.4 is 10.5 Å². The van der Waals surface area contributed by atoms with Crippen LogP contribution in [0.5, 0.6) is 5.75 Å². The van der Waals surface area contributed by atoms with E-state index in [9.17, 15) is 0 Å². The second-order valence-electron chi connectivity index (χ2n) is 6.19. The van der Waals surface area contributed by atoms with Gasteiger partial charge in [0.1, 0.15) is 11.4 Å². The lowest BCUT2D eigenvalue weighted by molar-refractivity contribution is -0.0580. The molecule has 1 aromatic rings. The summed E-state index contributed by atoms with van der Waals surface area (Å²) in [6.07, 6.45) is 1.54. The maximum atomic E-state index is 6.27. The molecule has 0 fully saturated rings. The SMILES string of the molecule is COC(C)(C)CC1(C)C[C@@H](N)c2cc(Cl)ccc2O1. The van der Waals surface area contributed by atoms with Crippen LogP contribution in [0.4, 0.5) is 0 Å². The van der Waals surface area contributed by atoms with Crippen molar-refractivity contribution >= 4 is 11.6 Å². The zero-order chi connectivity index (χ0) is 14.3. The summed E-state index contributed by atoms with van der Waals surface area (Å²) >= 11 is 6.01. The number of methoxy groups -OCH3 is 1. The van der Waals surface area contributed by atoms with Gasteiger partial charge in [0, 0.05) is 36.6 Å². The topological polar surface area (TPSA) is 44.5 Å². The molecule has 0 bridgehead atoms. The molecule has 1 aliphatic heterocycles. The number of halogens is 1. The average Bonchev–Trinajstić information content (AvgIpc) is 2.29. The van der Waals surface area contributed by atoms with E-state index in [1.165, 1.54) is 0 Å². The molecule has 2 atom stereocenters. The number of rotatable bonds is 3. The zero-order valence-electron chi connectivity index (χ0n) is 12.0. The zero-order valence-corrected chi connectivity index (χ0v) is 12.8. The van der Waals surface area contributed by atoms with Gasteiger partial charge < -0.3 is 15.2 Å². The lowest BCUT2D eigenvalue weighted by atomic mass is 9.82. The normalized spacial score (nSPS) is 26.7. The molecule has 1 unspecified atom stereocenters. The first kappa shape index (κ1) is 14.6. The van der Waals surface area contributed by atoms with Crippen LogP contribution in [0.15, 0.2) is 18.2 Å². The van der Waals surface area contributed by atoms with Crippen LogP contribution in [0.2, 0.25) is 5.02 Å². The summed E-state index contributed by atoms with van der Waals surface area (Å²) in [7, 11) is 1.72. The highest BCUT2D eigenvalue weighted by molar-refractivity contribution is 6.30. The molecule has 1 aromatic carbocycles. The fourth-order valence-electron chi connectivity index (χ4n) is 2.87. The molecule has 0 radical (unpaired) electrons. The van der Waals surface area contributed by atoms with E-state index in [0.29, 0.717) is 5.02 Å². The molecule has 0 aromatic heterocycles. The van der Waals surface area contributed by atoms with E-state index in [1.807, 2.05) is 18.2 Å². The summed E-state index contributed by atoms with van der Waals surface area (Å²) in [5.41, 5.74) is 6.70. The third-order valence-corrected chi connectivity index (χ3v) is 3.97. The van der Waals surface area contributed by atoms with E-state index in [-0.39, 0.29) is 17.2 Å². The Kier molecular flexibility index (Phi) is 3.83. The number of ether oxygens (including phenoxy) is 2. The van der Waals surface area contributed by atoms with Crippen LogP contribution >= 0.6 is 11.6 Å². The molecule has 2 N–H and O–H groups in total. The molecule has 3 nitrogen and oxygen atoms in total. The molecular weight excluding hydrogens is 262 g/mol. The van der Waals surface area contributed by atoms with Crippen molar-refractivity contribution in [1.29, 1.82) is 0 Å². The van der Waals surface area contributed by atoms with Crippen molar-refractivity contribution in [3.63, 3.8) is 0 Å². The number of hydrogen-bond donors (Lipinski definition) is 1. The van der Waals surface area contributed by atoms with Crippen LogP contribution in [0.3, 0.4) is 0 Å². The van der Waals surface area contributed by atoms with Gasteiger partial charge in [0.25, 0.3) is 0 Å². The van der Waals surface area contributed by atoms with Gasteiger partial charge in [-0.15, -0.1) is 0 Å². The molecule has 106 valence electrons. The predicted molar refractivity (Wildman–Crippen MR) is 77.7 cm³/mol. The van der Waals surface area contributed by atoms with E-state index >= 15 is 0 Å². The third-order valence-electron chi connectivity index (χ3n) is 3.73. The minimum atomic E-state index is -0.320. The first-order valence-corrected chi connectivity index (χ1v) is 6.92. The summed E-state index contributed by atoms with van der Waals surface area (Å²) in [5.74, 6) is 0.831. The molecule has 19 heavy (non-hydrogen) atoms. The second kappa shape index (κ2) is 4.97. The van der Waals surface area contributed by atoms with Crippen molar-refractivity contribution < 1.29 is 9.47 Å². The van der Waals surface area contributed by atoms with E-state index in [0.717, 1.165) is 24.2 Å². The van der Waals surface area contributed by atoms with Gasteiger partial charge in [-0.05, 0) is 39.0 Å². The minimum absolute atomic E-state index is 0.0555. The van der Waals surface area contributed by atoms with Gasteiger partial charge in [-0.2, -0.15) is 0 Å². The lowest BCUT2D eigenvalue weighted by Crippen LogP contribution is -2.45. The molecular formula is C15H22ClNO2. The lowest BCUT2D eigenvalue weighted by Gasteiger charge is -2.42. The molecule has 0 aliphatic carbocycles. The van der Waals surface area contributed by atoms with Crippen molar-refractivity contribution in [2.45, 2.75) is 50.9 Å². The Balaban J connectivity index is 2.27. The quantitative estimate of drug-likeness (QED) is 0.920. The Morgan fingerprint density at radius 3 is 2.84 bits per heavy atom. The molecule has 1 aliphatic rings. The smallest absolute Gasteiger partial charge is 0.125 e. The maximum absolute atomic E-state index is 6.27. The van der Waals surface area contributed by atoms with Gasteiger partial charge in [-0.25, -0.2) is 0 Å². The first-order valence-electron chi connectivity index (χ1n) is 6.54. The standard InChI is InChI=1S/C15H22ClNO2/c1-14(2,18-4)9-15(3)8-12(17)11-7-10(16)5-6-13(11)19-15/h5-7,12H,8-9,17H2,1-4H3/t12-,15?/m1/s1. The molecule has 1 heterocycles. The highest BCUT2D eigenvalue weighted by Crippen LogP contribution is 2.42. The monoisotopic (exact) mass is 283 g/mol. The largest absolute Gasteiger partial charge is 0.487 e. The number of nitrogens with two attached hydrogens (primary N) is 1. The Bertz CT molecular complexity index is 475. The van der Waals surface area contributed by atoms with E-state index < -0.39 is 0 Å². The summed E-state index contributed by atoms with van der Waals surface area (Å²) in [4.78, 5) is 0. The van der Waals surface area contributed by atoms with Crippen molar-refractivity contribution in [3.05, 3.63) is 28.8 Å². The predicted octanol–water partition coefficient (Wildman–Crippen LogP) is 3.70. The molecule has 2 rings (SSSR count). The van der Waals surface area contributed by atoms with Gasteiger partial charge >= 0.3 is 0 Å². The first-order chi connectivity index (χ1) is 8.75. The highest BCUT2D eigenvalue weighted by atomic mass is 35.5. The molecule has 0 spiro atoms. The number of fused-ring (bicyclic) bond motifs is 1. The average molecular weight is 284 g/mol. The Labute approximate surface area is 120 Å². The van der Waals surface area contributed by atoms with Gasteiger partial charge in [0.2, 0.25) is 0 Å². The van der Waals surface area contributed by atoms with E-state index in [1.54, 1.807) is 7.11 Å². The Hall–Kier alpha value is -0.770. The van der Waals surface area contributed by atoms with Gasteiger partial charge in [-0.3, -0.25) is 0 Å². The van der Waals surface area contributed by atoms with Crippen molar-refractivity contribution in [3.8, 4) is 5.75 Å². The Morgan fingerprint density at radius 2 is 2.21 bits per heavy atom. The van der Waals surface area contributed by atoms with E-state index in [4.69, 9.17) is 26.8 Å². The minimum Gasteiger partial charge on any atom is -0.487 e. The fraction of sp³-hybridized carbons (Fsp3) is 0.600. The maximum Gasteiger partial charge on any atom is 0.125 e. The van der Waals surface area contributed by atoms with Crippen LogP contribution in [-0.2, 0) is 4.74 Å². The van der Waals surface area contributed by atoms with E-state index in [2.05, 4.69) is 20.8 Å². The fourth-order valence-corrected chi connectivity index (χ4v) is 3.05. The van der Waals surface area contributed by atoms with Crippen molar-refractivity contribution in [1.82, 2.24) is 0 Å². The molecule has 0 saturated heterocycles. The van der Waals surface area contributed by atoms with Crippen LogP contribution in [0, 0.1) is 0 Å². The van der Waals surface area contributed by atoms with Crippen LogP contribution in [0.25, 0.3) is 0 Å². The second-order valence-corrected chi connectivity index (χ2v) is 6.62.